The Hall–Kier alpha value is -1.40. The van der Waals surface area contributed by atoms with E-state index in [2.05, 4.69) is 21.4 Å². The highest BCUT2D eigenvalue weighted by molar-refractivity contribution is 8.00. The summed E-state index contributed by atoms with van der Waals surface area (Å²) in [5.74, 6) is 1.33. The third-order valence-corrected chi connectivity index (χ3v) is 7.55. The molecule has 0 saturated carbocycles. The van der Waals surface area contributed by atoms with E-state index < -0.39 is 0 Å². The monoisotopic (exact) mass is 401 g/mol. The summed E-state index contributed by atoms with van der Waals surface area (Å²) in [6.07, 6.45) is 13.2. The second-order valence-electron chi connectivity index (χ2n) is 7.46. The summed E-state index contributed by atoms with van der Waals surface area (Å²) in [5, 5.41) is 5.28. The van der Waals surface area contributed by atoms with Crippen LogP contribution in [0.1, 0.15) is 61.2 Å². The molecule has 0 aromatic carbocycles. The lowest BCUT2D eigenvalue weighted by Gasteiger charge is -2.13. The normalized spacial score (nSPS) is 16.9. The van der Waals surface area contributed by atoms with E-state index in [0.29, 0.717) is 5.75 Å². The fourth-order valence-electron chi connectivity index (χ4n) is 4.01. The van der Waals surface area contributed by atoms with Crippen LogP contribution >= 0.6 is 23.1 Å². The number of carbonyl (C=O) groups excluding carboxylic acids is 1. The summed E-state index contributed by atoms with van der Waals surface area (Å²) in [6, 6.07) is 0. The second kappa shape index (κ2) is 8.74. The number of aryl methyl sites for hydroxylation is 3. The van der Waals surface area contributed by atoms with Gasteiger partial charge in [0.1, 0.15) is 15.7 Å². The van der Waals surface area contributed by atoms with Crippen LogP contribution in [-0.4, -0.2) is 28.2 Å². The van der Waals surface area contributed by atoms with Gasteiger partial charge in [-0.2, -0.15) is 0 Å². The topological polar surface area (TPSA) is 54.9 Å². The molecule has 0 saturated heterocycles. The van der Waals surface area contributed by atoms with Crippen molar-refractivity contribution in [3.8, 4) is 0 Å². The number of hydrogen-bond donors (Lipinski definition) is 1. The Morgan fingerprint density at radius 3 is 2.89 bits per heavy atom. The minimum atomic E-state index is 0.102. The molecule has 1 amide bonds. The van der Waals surface area contributed by atoms with Crippen LogP contribution in [-0.2, 0) is 17.6 Å². The first-order chi connectivity index (χ1) is 13.2. The smallest absolute Gasteiger partial charge is 0.230 e. The molecule has 0 fully saturated rings. The molecule has 4 rings (SSSR count). The SMILES string of the molecule is Cc1nc(SCC(=O)NCCC2=CCCCC2)c2c3c(sc2n1)CCCC3. The number of amides is 1. The number of rotatable bonds is 6. The summed E-state index contributed by atoms with van der Waals surface area (Å²) < 4.78 is 0. The number of nitrogens with zero attached hydrogens (tertiary/aromatic N) is 2. The van der Waals surface area contributed by atoms with Gasteiger partial charge in [-0.1, -0.05) is 23.4 Å². The van der Waals surface area contributed by atoms with Gasteiger partial charge in [-0.25, -0.2) is 9.97 Å². The zero-order valence-corrected chi connectivity index (χ0v) is 17.6. The van der Waals surface area contributed by atoms with E-state index in [1.54, 1.807) is 11.8 Å². The molecule has 0 bridgehead atoms. The van der Waals surface area contributed by atoms with Crippen molar-refractivity contribution in [1.82, 2.24) is 15.3 Å². The van der Waals surface area contributed by atoms with Gasteiger partial charge in [0.05, 0.1) is 5.75 Å². The van der Waals surface area contributed by atoms with Gasteiger partial charge in [0.15, 0.2) is 0 Å². The molecule has 2 heterocycles. The molecule has 144 valence electrons. The van der Waals surface area contributed by atoms with Crippen LogP contribution in [0.5, 0.6) is 0 Å². The fourth-order valence-corrected chi connectivity index (χ4v) is 6.31. The summed E-state index contributed by atoms with van der Waals surface area (Å²) >= 11 is 3.39. The Balaban J connectivity index is 1.38. The van der Waals surface area contributed by atoms with Crippen molar-refractivity contribution < 1.29 is 4.79 Å². The zero-order chi connectivity index (χ0) is 18.6. The quantitative estimate of drug-likeness (QED) is 0.421. The number of aromatic nitrogens is 2. The molecule has 6 heteroatoms. The Kier molecular flexibility index (Phi) is 6.13. The lowest BCUT2D eigenvalue weighted by molar-refractivity contribution is -0.118. The highest BCUT2D eigenvalue weighted by Crippen LogP contribution is 2.39. The zero-order valence-electron chi connectivity index (χ0n) is 16.0. The molecule has 2 aromatic heterocycles. The van der Waals surface area contributed by atoms with E-state index in [9.17, 15) is 4.79 Å². The second-order valence-corrected chi connectivity index (χ2v) is 9.51. The largest absolute Gasteiger partial charge is 0.355 e. The summed E-state index contributed by atoms with van der Waals surface area (Å²) in [7, 11) is 0. The highest BCUT2D eigenvalue weighted by Gasteiger charge is 2.21. The molecule has 0 radical (unpaired) electrons. The van der Waals surface area contributed by atoms with Crippen LogP contribution in [0.3, 0.4) is 0 Å². The van der Waals surface area contributed by atoms with Gasteiger partial charge in [-0.15, -0.1) is 11.3 Å². The lowest BCUT2D eigenvalue weighted by Crippen LogP contribution is -2.26. The van der Waals surface area contributed by atoms with E-state index >= 15 is 0 Å². The number of hydrogen-bond acceptors (Lipinski definition) is 5. The average Bonchev–Trinajstić information content (AvgIpc) is 3.05. The first kappa shape index (κ1) is 18.9. The maximum absolute atomic E-state index is 12.3. The summed E-state index contributed by atoms with van der Waals surface area (Å²) in [5.41, 5.74) is 2.95. The Morgan fingerprint density at radius 1 is 1.19 bits per heavy atom. The summed E-state index contributed by atoms with van der Waals surface area (Å²) in [6.45, 7) is 2.69. The maximum atomic E-state index is 12.3. The third-order valence-electron chi connectivity index (χ3n) is 5.39. The predicted molar refractivity (Wildman–Crippen MR) is 114 cm³/mol. The molecular weight excluding hydrogens is 374 g/mol. The van der Waals surface area contributed by atoms with Crippen LogP contribution in [0, 0.1) is 6.92 Å². The van der Waals surface area contributed by atoms with Gasteiger partial charge in [0.2, 0.25) is 5.91 Å². The standard InChI is InChI=1S/C21H27N3OS2/c1-14-23-20(19-16-9-5-6-10-17(16)27-21(19)24-14)26-13-18(25)22-12-11-15-7-3-2-4-8-15/h7H,2-6,8-13H2,1H3,(H,22,25). The van der Waals surface area contributed by atoms with Crippen LogP contribution in [0.25, 0.3) is 10.2 Å². The van der Waals surface area contributed by atoms with Crippen molar-refractivity contribution in [2.45, 2.75) is 69.7 Å². The van der Waals surface area contributed by atoms with E-state index in [1.165, 1.54) is 59.9 Å². The van der Waals surface area contributed by atoms with Gasteiger partial charge in [-0.3, -0.25) is 4.79 Å². The van der Waals surface area contributed by atoms with Crippen molar-refractivity contribution in [3.63, 3.8) is 0 Å². The van der Waals surface area contributed by atoms with Gasteiger partial charge in [0.25, 0.3) is 0 Å². The predicted octanol–water partition coefficient (Wildman–Crippen LogP) is 4.98. The molecule has 4 nitrogen and oxygen atoms in total. The molecule has 1 N–H and O–H groups in total. The number of carbonyl (C=O) groups is 1. The molecule has 0 unspecified atom stereocenters. The van der Waals surface area contributed by atoms with Crippen LogP contribution in [0.4, 0.5) is 0 Å². The van der Waals surface area contributed by atoms with Crippen molar-refractivity contribution >= 4 is 39.2 Å². The minimum Gasteiger partial charge on any atom is -0.355 e. The number of thiophene rings is 1. The molecule has 2 aliphatic rings. The fraction of sp³-hybridized carbons (Fsp3) is 0.571. The first-order valence-corrected chi connectivity index (χ1v) is 11.9. The number of thioether (sulfide) groups is 1. The van der Waals surface area contributed by atoms with Gasteiger partial charge in [0, 0.05) is 16.8 Å². The van der Waals surface area contributed by atoms with E-state index in [4.69, 9.17) is 0 Å². The van der Waals surface area contributed by atoms with Crippen LogP contribution < -0.4 is 5.32 Å². The molecule has 0 spiro atoms. The lowest BCUT2D eigenvalue weighted by atomic mass is 9.97. The molecule has 2 aromatic rings. The minimum absolute atomic E-state index is 0.102. The molecule has 2 aliphatic carbocycles. The maximum Gasteiger partial charge on any atom is 0.230 e. The number of nitrogens with one attached hydrogen (secondary N) is 1. The van der Waals surface area contributed by atoms with E-state index in [0.717, 1.165) is 41.5 Å². The number of allylic oxidation sites excluding steroid dienone is 1. The van der Waals surface area contributed by atoms with Crippen molar-refractivity contribution in [2.75, 3.05) is 12.3 Å². The average molecular weight is 402 g/mol. The molecular formula is C21H27N3OS2. The van der Waals surface area contributed by atoms with Gasteiger partial charge >= 0.3 is 0 Å². The van der Waals surface area contributed by atoms with E-state index in [1.807, 2.05) is 18.3 Å². The number of fused-ring (bicyclic) bond motifs is 3. The molecule has 0 atom stereocenters. The third kappa shape index (κ3) is 4.54. The van der Waals surface area contributed by atoms with E-state index in [-0.39, 0.29) is 5.91 Å². The summed E-state index contributed by atoms with van der Waals surface area (Å²) in [4.78, 5) is 24.2. The van der Waals surface area contributed by atoms with Crippen molar-refractivity contribution in [1.29, 1.82) is 0 Å². The van der Waals surface area contributed by atoms with Crippen LogP contribution in [0.2, 0.25) is 0 Å². The van der Waals surface area contributed by atoms with Crippen LogP contribution in [0.15, 0.2) is 16.7 Å². The van der Waals surface area contributed by atoms with Crippen molar-refractivity contribution in [3.05, 3.63) is 27.9 Å². The van der Waals surface area contributed by atoms with Crippen molar-refractivity contribution in [2.24, 2.45) is 0 Å². The molecule has 0 aliphatic heterocycles. The van der Waals surface area contributed by atoms with Gasteiger partial charge in [-0.05, 0) is 70.3 Å². The first-order valence-electron chi connectivity index (χ1n) is 10.1. The Morgan fingerprint density at radius 2 is 2.04 bits per heavy atom. The Labute approximate surface area is 169 Å². The highest BCUT2D eigenvalue weighted by atomic mass is 32.2. The molecule has 27 heavy (non-hydrogen) atoms. The Bertz CT molecular complexity index is 872. The van der Waals surface area contributed by atoms with Gasteiger partial charge < -0.3 is 5.32 Å².